The molecule has 4 nitrogen and oxygen atoms in total. The van der Waals surface area contributed by atoms with Crippen LogP contribution in [0.25, 0.3) is 0 Å². The number of aliphatic hydroxyl groups excluding tert-OH is 1. The van der Waals surface area contributed by atoms with Gasteiger partial charge in [-0.1, -0.05) is 18.1 Å². The second kappa shape index (κ2) is 10.8. The topological polar surface area (TPSA) is 52.2 Å². The van der Waals surface area contributed by atoms with Crippen molar-refractivity contribution in [2.75, 3.05) is 25.1 Å². The molecule has 0 bridgehead atoms. The van der Waals surface area contributed by atoms with Crippen LogP contribution in [0.4, 0.5) is 10.1 Å². The first-order valence-corrected chi connectivity index (χ1v) is 7.85. The highest BCUT2D eigenvalue weighted by atomic mass is 19.1. The first kappa shape index (κ1) is 20.2. The molecule has 0 atom stereocenters. The molecule has 25 heavy (non-hydrogen) atoms. The number of rotatable bonds is 3. The van der Waals surface area contributed by atoms with E-state index < -0.39 is 5.82 Å². The highest BCUT2D eigenvalue weighted by Gasteiger charge is 1.98. The van der Waals surface area contributed by atoms with Crippen LogP contribution in [0.15, 0.2) is 48.9 Å². The Hall–Kier alpha value is -2.84. The number of aromatic nitrogens is 2. The van der Waals surface area contributed by atoms with E-state index >= 15 is 0 Å². The maximum atomic E-state index is 12.8. The second-order valence-corrected chi connectivity index (χ2v) is 5.51. The van der Waals surface area contributed by atoms with Gasteiger partial charge in [0.1, 0.15) is 5.82 Å². The summed E-state index contributed by atoms with van der Waals surface area (Å²) in [7, 11) is 1.98. The van der Waals surface area contributed by atoms with Crippen molar-refractivity contribution in [2.45, 2.75) is 13.8 Å². The maximum Gasteiger partial charge on any atom is 0.141 e. The summed E-state index contributed by atoms with van der Waals surface area (Å²) in [5.74, 6) is 2.02. The van der Waals surface area contributed by atoms with Crippen LogP contribution in [0, 0.1) is 32.0 Å². The predicted molar refractivity (Wildman–Crippen MR) is 100 cm³/mol. The third-order valence-corrected chi connectivity index (χ3v) is 3.26. The van der Waals surface area contributed by atoms with E-state index in [0.717, 1.165) is 17.4 Å². The van der Waals surface area contributed by atoms with Gasteiger partial charge in [-0.2, -0.15) is 0 Å². The van der Waals surface area contributed by atoms with E-state index in [1.54, 1.807) is 13.0 Å². The lowest BCUT2D eigenvalue weighted by molar-refractivity contribution is 0.304. The van der Waals surface area contributed by atoms with Crippen LogP contribution in [0.5, 0.6) is 0 Å². The molecule has 0 aliphatic carbocycles. The van der Waals surface area contributed by atoms with E-state index in [0.29, 0.717) is 12.2 Å². The zero-order valence-corrected chi connectivity index (χ0v) is 14.8. The number of aromatic amines is 1. The average Bonchev–Trinajstić information content (AvgIpc) is 2.65. The van der Waals surface area contributed by atoms with E-state index in [-0.39, 0.29) is 6.61 Å². The van der Waals surface area contributed by atoms with Crippen molar-refractivity contribution in [1.82, 2.24) is 9.97 Å². The van der Waals surface area contributed by atoms with Crippen molar-refractivity contribution < 1.29 is 9.50 Å². The van der Waals surface area contributed by atoms with Crippen LogP contribution in [0.1, 0.15) is 16.8 Å². The summed E-state index contributed by atoms with van der Waals surface area (Å²) in [6.45, 7) is 4.71. The molecular formula is C20H24FN3O. The van der Waals surface area contributed by atoms with Crippen molar-refractivity contribution in [3.63, 3.8) is 0 Å². The predicted octanol–water partition coefficient (Wildman–Crippen LogP) is 3.39. The Morgan fingerprint density at radius 3 is 2.64 bits per heavy atom. The van der Waals surface area contributed by atoms with E-state index in [2.05, 4.69) is 34.9 Å². The van der Waals surface area contributed by atoms with Gasteiger partial charge in [0, 0.05) is 19.3 Å². The maximum absolute atomic E-state index is 12.8. The van der Waals surface area contributed by atoms with Gasteiger partial charge >= 0.3 is 0 Å². The normalized spacial score (nSPS) is 9.28. The number of hydrogen-bond donors (Lipinski definition) is 2. The smallest absolute Gasteiger partial charge is 0.141 e. The molecule has 2 rings (SSSR count). The van der Waals surface area contributed by atoms with Gasteiger partial charge in [-0.15, -0.1) is 6.42 Å². The summed E-state index contributed by atoms with van der Waals surface area (Å²) < 4.78 is 12.8. The summed E-state index contributed by atoms with van der Waals surface area (Å²) in [5.41, 5.74) is 3.70. The minimum absolute atomic E-state index is 0.199. The Morgan fingerprint density at radius 1 is 1.24 bits per heavy atom. The number of benzene rings is 1. The Balaban J connectivity index is 0.000000251. The third-order valence-electron chi connectivity index (χ3n) is 3.26. The van der Waals surface area contributed by atoms with Crippen LogP contribution in [-0.4, -0.2) is 35.3 Å². The van der Waals surface area contributed by atoms with Crippen molar-refractivity contribution in [3.8, 4) is 12.3 Å². The van der Waals surface area contributed by atoms with Crippen LogP contribution < -0.4 is 4.90 Å². The second-order valence-electron chi connectivity index (χ2n) is 5.51. The molecule has 0 saturated carbocycles. The fourth-order valence-electron chi connectivity index (χ4n) is 2.01. The third kappa shape index (κ3) is 8.00. The number of H-pyrrole nitrogens is 1. The monoisotopic (exact) mass is 341 g/mol. The SMILES string of the molecule is C#Cc1cc(C)cc(F)cnc[nH]1.Cc1cccc(N(C)CCO)c1. The Labute approximate surface area is 148 Å². The van der Waals surface area contributed by atoms with E-state index in [1.807, 2.05) is 24.1 Å². The zero-order chi connectivity index (χ0) is 18.7. The standard InChI is InChI=1S/C10H9FN2.C10H15NO/c1-3-10-5-8(2)4-9(11)6-12-7-13-10;1-9-4-3-5-10(8-9)11(2)6-7-12/h1,4-7H,2H3,(H,12,13);3-5,8,12H,6-7H2,1-2H3. The number of nitrogens with zero attached hydrogens (tertiary/aromatic N) is 2. The minimum atomic E-state index is -0.398. The van der Waals surface area contributed by atoms with Gasteiger partial charge in [-0.25, -0.2) is 9.37 Å². The molecule has 0 saturated heterocycles. The first-order valence-electron chi connectivity index (χ1n) is 7.85. The molecule has 0 aliphatic rings. The van der Waals surface area contributed by atoms with E-state index in [4.69, 9.17) is 11.5 Å². The highest BCUT2D eigenvalue weighted by molar-refractivity contribution is 5.47. The van der Waals surface area contributed by atoms with Crippen molar-refractivity contribution >= 4 is 5.69 Å². The fraction of sp³-hybridized carbons (Fsp3) is 0.250. The van der Waals surface area contributed by atoms with Crippen LogP contribution in [0.2, 0.25) is 0 Å². The Morgan fingerprint density at radius 2 is 2.00 bits per heavy atom. The van der Waals surface area contributed by atoms with Crippen molar-refractivity contribution in [2.24, 2.45) is 0 Å². The molecule has 1 aromatic carbocycles. The molecule has 5 heteroatoms. The average molecular weight is 341 g/mol. The number of terminal acetylenes is 1. The quantitative estimate of drug-likeness (QED) is 0.842. The molecule has 0 spiro atoms. The fourth-order valence-corrected chi connectivity index (χ4v) is 2.01. The van der Waals surface area contributed by atoms with E-state index in [1.165, 1.54) is 18.0 Å². The lowest BCUT2D eigenvalue weighted by Gasteiger charge is -2.17. The minimum Gasteiger partial charge on any atom is -0.395 e. The molecule has 1 aromatic heterocycles. The largest absolute Gasteiger partial charge is 0.395 e. The summed E-state index contributed by atoms with van der Waals surface area (Å²) in [4.78, 5) is 8.43. The number of aliphatic hydroxyl groups is 1. The van der Waals surface area contributed by atoms with Gasteiger partial charge in [0.05, 0.1) is 24.8 Å². The molecular weight excluding hydrogens is 317 g/mol. The number of aryl methyl sites for hydroxylation is 2. The number of halogens is 1. The lowest BCUT2D eigenvalue weighted by atomic mass is 10.2. The number of hydrogen-bond acceptors (Lipinski definition) is 3. The molecule has 132 valence electrons. The van der Waals surface area contributed by atoms with Crippen molar-refractivity contribution in [1.29, 1.82) is 0 Å². The van der Waals surface area contributed by atoms with Gasteiger partial charge < -0.3 is 15.0 Å². The molecule has 2 aromatic rings. The van der Waals surface area contributed by atoms with E-state index in [9.17, 15) is 4.39 Å². The summed E-state index contributed by atoms with van der Waals surface area (Å²) in [5, 5.41) is 8.73. The number of anilines is 1. The van der Waals surface area contributed by atoms with Gasteiger partial charge in [0.15, 0.2) is 0 Å². The first-order chi connectivity index (χ1) is 12.0. The lowest BCUT2D eigenvalue weighted by Crippen LogP contribution is -2.20. The van der Waals surface area contributed by atoms with Crippen LogP contribution >= 0.6 is 0 Å². The number of likely N-dealkylation sites (N-methyl/N-ethyl adjacent to an activating group) is 1. The molecule has 0 radical (unpaired) electrons. The zero-order valence-electron chi connectivity index (χ0n) is 14.8. The molecule has 1 heterocycles. The molecule has 2 N–H and O–H groups in total. The Bertz CT molecular complexity index is 764. The molecule has 0 amide bonds. The highest BCUT2D eigenvalue weighted by Crippen LogP contribution is 2.13. The molecule has 0 aliphatic heterocycles. The molecule has 0 fully saturated rings. The Kier molecular flexibility index (Phi) is 8.77. The van der Waals surface area contributed by atoms with Crippen molar-refractivity contribution in [3.05, 3.63) is 71.6 Å². The molecule has 0 unspecified atom stereocenters. The summed E-state index contributed by atoms with van der Waals surface area (Å²) in [6.07, 6.45) is 7.65. The summed E-state index contributed by atoms with van der Waals surface area (Å²) in [6, 6.07) is 11.3. The number of nitrogens with one attached hydrogen (secondary N) is 1. The van der Waals surface area contributed by atoms with Gasteiger partial charge in [-0.05, 0) is 49.2 Å². The van der Waals surface area contributed by atoms with Crippen LogP contribution in [0.3, 0.4) is 0 Å². The van der Waals surface area contributed by atoms with Gasteiger partial charge in [-0.3, -0.25) is 0 Å². The van der Waals surface area contributed by atoms with Gasteiger partial charge in [0.25, 0.3) is 0 Å². The van der Waals surface area contributed by atoms with Gasteiger partial charge in [0.2, 0.25) is 0 Å². The summed E-state index contributed by atoms with van der Waals surface area (Å²) >= 11 is 0. The van der Waals surface area contributed by atoms with Crippen LogP contribution in [-0.2, 0) is 0 Å².